The second kappa shape index (κ2) is 8.23. The summed E-state index contributed by atoms with van der Waals surface area (Å²) in [5.41, 5.74) is -1.16. The van der Waals surface area contributed by atoms with Crippen LogP contribution < -0.4 is 4.72 Å². The zero-order valence-corrected chi connectivity index (χ0v) is 16.0. The van der Waals surface area contributed by atoms with E-state index < -0.39 is 37.5 Å². The summed E-state index contributed by atoms with van der Waals surface area (Å²) in [6, 6.07) is 6.49. The van der Waals surface area contributed by atoms with Gasteiger partial charge in [0.05, 0.1) is 36.0 Å². The molecule has 0 saturated carbocycles. The van der Waals surface area contributed by atoms with Gasteiger partial charge in [0.2, 0.25) is 0 Å². The maximum absolute atomic E-state index is 12.8. The molecular weight excluding hydrogens is 416 g/mol. The largest absolute Gasteiger partial charge is 0.465 e. The van der Waals surface area contributed by atoms with E-state index in [1.54, 1.807) is 0 Å². The van der Waals surface area contributed by atoms with E-state index in [0.717, 1.165) is 38.5 Å². The van der Waals surface area contributed by atoms with E-state index in [2.05, 4.69) is 14.2 Å². The fourth-order valence-corrected chi connectivity index (χ4v) is 3.65. The number of hydrogen-bond acceptors (Lipinski definition) is 8. The van der Waals surface area contributed by atoms with E-state index in [0.29, 0.717) is 0 Å². The predicted octanol–water partition coefficient (Wildman–Crippen LogP) is 2.62. The third kappa shape index (κ3) is 4.38. The van der Waals surface area contributed by atoms with E-state index in [1.165, 1.54) is 12.1 Å². The number of nitro benzene ring substituents is 1. The minimum Gasteiger partial charge on any atom is -0.465 e. The minimum atomic E-state index is -4.44. The molecule has 2 aromatic carbocycles. The Kier molecular flexibility index (Phi) is 6.21. The highest BCUT2D eigenvalue weighted by Gasteiger charge is 2.26. The molecule has 0 bridgehead atoms. The number of esters is 2. The Morgan fingerprint density at radius 1 is 1.07 bits per heavy atom. The smallest absolute Gasteiger partial charge is 0.339 e. The van der Waals surface area contributed by atoms with Crippen molar-refractivity contribution in [3.63, 3.8) is 0 Å². The SMILES string of the molecule is COC(=O)c1ccc(C(=O)OC)c(S(=O)(=O)Nc2ccc(Cl)c([N+](=O)[O-])c2)c1. The monoisotopic (exact) mass is 428 g/mol. The van der Waals surface area contributed by atoms with Crippen LogP contribution in [0.4, 0.5) is 11.4 Å². The lowest BCUT2D eigenvalue weighted by molar-refractivity contribution is -0.384. The van der Waals surface area contributed by atoms with Crippen molar-refractivity contribution in [2.75, 3.05) is 18.9 Å². The van der Waals surface area contributed by atoms with Crippen molar-refractivity contribution in [3.05, 3.63) is 62.7 Å². The van der Waals surface area contributed by atoms with Gasteiger partial charge in [-0.1, -0.05) is 11.6 Å². The lowest BCUT2D eigenvalue weighted by Crippen LogP contribution is -2.19. The van der Waals surface area contributed by atoms with Crippen LogP contribution in [0.1, 0.15) is 20.7 Å². The van der Waals surface area contributed by atoms with Crippen LogP contribution in [-0.4, -0.2) is 39.5 Å². The summed E-state index contributed by atoms with van der Waals surface area (Å²) in [5, 5.41) is 10.8. The van der Waals surface area contributed by atoms with Gasteiger partial charge in [-0.05, 0) is 30.3 Å². The molecule has 28 heavy (non-hydrogen) atoms. The molecule has 0 aliphatic heterocycles. The molecule has 0 radical (unpaired) electrons. The van der Waals surface area contributed by atoms with E-state index >= 15 is 0 Å². The lowest BCUT2D eigenvalue weighted by Gasteiger charge is -2.12. The van der Waals surface area contributed by atoms with Crippen LogP contribution >= 0.6 is 11.6 Å². The van der Waals surface area contributed by atoms with Gasteiger partial charge in [-0.15, -0.1) is 0 Å². The molecular formula is C16H13ClN2O8S. The molecule has 0 spiro atoms. The number of hydrogen-bond donors (Lipinski definition) is 1. The average Bonchev–Trinajstić information content (AvgIpc) is 2.67. The van der Waals surface area contributed by atoms with Crippen LogP contribution in [0.3, 0.4) is 0 Å². The molecule has 0 heterocycles. The summed E-state index contributed by atoms with van der Waals surface area (Å²) in [4.78, 5) is 33.3. The molecule has 2 rings (SSSR count). The zero-order chi connectivity index (χ0) is 21.1. The number of sulfonamides is 1. The van der Waals surface area contributed by atoms with Crippen molar-refractivity contribution in [2.24, 2.45) is 0 Å². The van der Waals surface area contributed by atoms with Gasteiger partial charge in [0.1, 0.15) is 9.92 Å². The number of benzene rings is 2. The Labute approximate surface area is 164 Å². The van der Waals surface area contributed by atoms with Crippen LogP contribution in [0.15, 0.2) is 41.3 Å². The molecule has 0 aliphatic carbocycles. The molecule has 0 unspecified atom stereocenters. The van der Waals surface area contributed by atoms with Crippen molar-refractivity contribution >= 4 is 44.9 Å². The summed E-state index contributed by atoms with van der Waals surface area (Å²) in [6.07, 6.45) is 0. The van der Waals surface area contributed by atoms with Gasteiger partial charge in [0, 0.05) is 6.07 Å². The molecule has 0 amide bonds. The van der Waals surface area contributed by atoms with Crippen LogP contribution in [0.5, 0.6) is 0 Å². The van der Waals surface area contributed by atoms with E-state index in [-0.39, 0.29) is 21.8 Å². The third-order valence-corrected chi connectivity index (χ3v) is 5.23. The number of ether oxygens (including phenoxy) is 2. The highest BCUT2D eigenvalue weighted by Crippen LogP contribution is 2.29. The van der Waals surface area contributed by atoms with E-state index in [9.17, 15) is 28.1 Å². The summed E-state index contributed by atoms with van der Waals surface area (Å²) >= 11 is 5.71. The first-order chi connectivity index (χ1) is 13.1. The fraction of sp³-hybridized carbons (Fsp3) is 0.125. The topological polar surface area (TPSA) is 142 Å². The summed E-state index contributed by atoms with van der Waals surface area (Å²) in [6.45, 7) is 0. The average molecular weight is 429 g/mol. The first-order valence-corrected chi connectivity index (χ1v) is 9.24. The molecule has 0 saturated heterocycles. The molecule has 2 aromatic rings. The van der Waals surface area contributed by atoms with Gasteiger partial charge in [-0.2, -0.15) is 0 Å². The Morgan fingerprint density at radius 2 is 1.71 bits per heavy atom. The summed E-state index contributed by atoms with van der Waals surface area (Å²) in [5.74, 6) is -1.78. The van der Waals surface area contributed by atoms with Crippen molar-refractivity contribution in [3.8, 4) is 0 Å². The van der Waals surface area contributed by atoms with Crippen molar-refractivity contribution in [1.29, 1.82) is 0 Å². The molecule has 148 valence electrons. The van der Waals surface area contributed by atoms with Crippen LogP contribution in [0, 0.1) is 10.1 Å². The molecule has 0 atom stereocenters. The first kappa shape index (κ1) is 21.1. The number of carbonyl (C=O) groups is 2. The van der Waals surface area contributed by atoms with E-state index in [1.807, 2.05) is 0 Å². The van der Waals surface area contributed by atoms with Gasteiger partial charge in [0.25, 0.3) is 15.7 Å². The number of nitro groups is 1. The Balaban J connectivity index is 2.57. The lowest BCUT2D eigenvalue weighted by atomic mass is 10.1. The highest BCUT2D eigenvalue weighted by atomic mass is 35.5. The van der Waals surface area contributed by atoms with Gasteiger partial charge in [-0.25, -0.2) is 18.0 Å². The van der Waals surface area contributed by atoms with Crippen molar-refractivity contribution in [1.82, 2.24) is 0 Å². The number of halogens is 1. The number of nitrogens with zero attached hydrogens (tertiary/aromatic N) is 1. The minimum absolute atomic E-state index is 0.127. The quantitative estimate of drug-likeness (QED) is 0.420. The third-order valence-electron chi connectivity index (χ3n) is 3.49. The summed E-state index contributed by atoms with van der Waals surface area (Å²) < 4.78 is 36.8. The predicted molar refractivity (Wildman–Crippen MR) is 98.0 cm³/mol. The molecule has 0 fully saturated rings. The van der Waals surface area contributed by atoms with E-state index in [4.69, 9.17) is 11.6 Å². The number of anilines is 1. The molecule has 1 N–H and O–H groups in total. The molecule has 12 heteroatoms. The standard InChI is InChI=1S/C16H13ClN2O8S/c1-26-15(20)9-3-5-11(16(21)27-2)14(7-9)28(24,25)18-10-4-6-12(17)13(8-10)19(22)23/h3-8,18H,1-2H3. The maximum Gasteiger partial charge on any atom is 0.339 e. The molecule has 0 aliphatic rings. The van der Waals surface area contributed by atoms with Crippen molar-refractivity contribution < 1.29 is 32.4 Å². The van der Waals surface area contributed by atoms with Crippen LogP contribution in [0.2, 0.25) is 5.02 Å². The molecule has 10 nitrogen and oxygen atoms in total. The van der Waals surface area contributed by atoms with Gasteiger partial charge in [-0.3, -0.25) is 14.8 Å². The number of rotatable bonds is 6. The van der Waals surface area contributed by atoms with Gasteiger partial charge in [0.15, 0.2) is 0 Å². The first-order valence-electron chi connectivity index (χ1n) is 7.38. The second-order valence-electron chi connectivity index (χ2n) is 5.22. The Morgan fingerprint density at radius 3 is 2.29 bits per heavy atom. The van der Waals surface area contributed by atoms with Crippen LogP contribution in [-0.2, 0) is 19.5 Å². The zero-order valence-electron chi connectivity index (χ0n) is 14.5. The van der Waals surface area contributed by atoms with Gasteiger partial charge >= 0.3 is 11.9 Å². The Hall–Kier alpha value is -3.18. The maximum atomic E-state index is 12.8. The fourth-order valence-electron chi connectivity index (χ4n) is 2.19. The Bertz CT molecular complexity index is 1070. The van der Waals surface area contributed by atoms with Crippen LogP contribution in [0.25, 0.3) is 0 Å². The highest BCUT2D eigenvalue weighted by molar-refractivity contribution is 7.92. The van der Waals surface area contributed by atoms with Gasteiger partial charge < -0.3 is 9.47 Å². The number of nitrogens with one attached hydrogen (secondary N) is 1. The number of carbonyl (C=O) groups excluding carboxylic acids is 2. The normalized spacial score (nSPS) is 10.8. The van der Waals surface area contributed by atoms with Crippen molar-refractivity contribution in [2.45, 2.75) is 4.90 Å². The second-order valence-corrected chi connectivity index (χ2v) is 7.28. The molecule has 0 aromatic heterocycles. The summed E-state index contributed by atoms with van der Waals surface area (Å²) in [7, 11) is -2.28. The number of methoxy groups -OCH3 is 2.